The van der Waals surface area contributed by atoms with E-state index in [1.54, 1.807) is 12.1 Å². The molecule has 0 aliphatic carbocycles. The summed E-state index contributed by atoms with van der Waals surface area (Å²) < 4.78 is 26.3. The van der Waals surface area contributed by atoms with Crippen LogP contribution in [0.1, 0.15) is 0 Å². The number of carboxylic acids is 1. The largest absolute Gasteiger partial charge is 0.479 e. The van der Waals surface area contributed by atoms with Gasteiger partial charge in [-0.05, 0) is 22.9 Å². The van der Waals surface area contributed by atoms with Gasteiger partial charge >= 0.3 is 5.97 Å². The molecule has 1 heterocycles. The van der Waals surface area contributed by atoms with E-state index in [1.807, 2.05) is 24.3 Å². The number of nitrogens with zero attached hydrogens (tertiary/aromatic N) is 1. The minimum Gasteiger partial charge on any atom is -0.479 e. The molecular weight excluding hydrogens is 310 g/mol. The van der Waals surface area contributed by atoms with Gasteiger partial charge in [0.1, 0.15) is 0 Å². The van der Waals surface area contributed by atoms with Crippen molar-refractivity contribution in [2.24, 2.45) is 0 Å². The standard InChI is InChI=1S/C14H13NO4S2/c16-14(17)13-15(7-8-20-13)21(18,19)12-6-5-10-3-1-2-4-11(10)9-12/h1-6,9,13H,7-8H2,(H,16,17)/t13-/m1/s1. The maximum atomic E-state index is 12.6. The van der Waals surface area contributed by atoms with Gasteiger partial charge in [-0.2, -0.15) is 4.31 Å². The van der Waals surface area contributed by atoms with Crippen molar-refractivity contribution in [1.82, 2.24) is 4.31 Å². The summed E-state index contributed by atoms with van der Waals surface area (Å²) in [6.45, 7) is 0.219. The Morgan fingerprint density at radius 1 is 1.19 bits per heavy atom. The monoisotopic (exact) mass is 323 g/mol. The molecule has 21 heavy (non-hydrogen) atoms. The third kappa shape index (κ3) is 2.52. The summed E-state index contributed by atoms with van der Waals surface area (Å²) in [5, 5.41) is 9.86. The number of aliphatic carboxylic acids is 1. The minimum atomic E-state index is -3.79. The molecule has 0 aromatic heterocycles. The lowest BCUT2D eigenvalue weighted by Crippen LogP contribution is -2.39. The van der Waals surface area contributed by atoms with Crippen LogP contribution < -0.4 is 0 Å². The first-order valence-corrected chi connectivity index (χ1v) is 8.84. The molecule has 0 unspecified atom stereocenters. The molecule has 0 saturated carbocycles. The summed E-state index contributed by atoms with van der Waals surface area (Å²) in [6, 6.07) is 12.3. The minimum absolute atomic E-state index is 0.134. The second-order valence-electron chi connectivity index (χ2n) is 4.69. The zero-order valence-electron chi connectivity index (χ0n) is 11.0. The Bertz CT molecular complexity index is 803. The first-order chi connectivity index (χ1) is 10.00. The number of benzene rings is 2. The van der Waals surface area contributed by atoms with Gasteiger partial charge in [0.2, 0.25) is 10.0 Å². The van der Waals surface area contributed by atoms with Gasteiger partial charge in [0.05, 0.1) is 4.90 Å². The van der Waals surface area contributed by atoms with E-state index >= 15 is 0 Å². The Morgan fingerprint density at radius 2 is 1.90 bits per heavy atom. The summed E-state index contributed by atoms with van der Waals surface area (Å²) in [5.41, 5.74) is 0. The molecule has 5 nitrogen and oxygen atoms in total. The molecule has 1 saturated heterocycles. The summed E-state index contributed by atoms with van der Waals surface area (Å²) in [7, 11) is -3.79. The number of hydrogen-bond donors (Lipinski definition) is 1. The number of hydrogen-bond acceptors (Lipinski definition) is 4. The van der Waals surface area contributed by atoms with Crippen LogP contribution in [-0.2, 0) is 14.8 Å². The van der Waals surface area contributed by atoms with Crippen molar-refractivity contribution >= 4 is 38.5 Å². The Kier molecular flexibility index (Phi) is 3.64. The number of carbonyl (C=O) groups is 1. The molecule has 1 fully saturated rings. The molecule has 0 spiro atoms. The smallest absolute Gasteiger partial charge is 0.332 e. The molecule has 1 atom stereocenters. The lowest BCUT2D eigenvalue weighted by Gasteiger charge is -2.20. The van der Waals surface area contributed by atoms with Crippen molar-refractivity contribution in [1.29, 1.82) is 0 Å². The highest BCUT2D eigenvalue weighted by atomic mass is 32.2. The van der Waals surface area contributed by atoms with Gasteiger partial charge in [0, 0.05) is 12.3 Å². The molecular formula is C14H13NO4S2. The van der Waals surface area contributed by atoms with Gasteiger partial charge in [-0.25, -0.2) is 13.2 Å². The average molecular weight is 323 g/mol. The normalized spacial score (nSPS) is 19.9. The van der Waals surface area contributed by atoms with Crippen molar-refractivity contribution in [3.8, 4) is 0 Å². The highest BCUT2D eigenvalue weighted by molar-refractivity contribution is 8.02. The summed E-state index contributed by atoms with van der Waals surface area (Å²) >= 11 is 1.13. The van der Waals surface area contributed by atoms with Crippen molar-refractivity contribution in [2.45, 2.75) is 10.3 Å². The van der Waals surface area contributed by atoms with Crippen LogP contribution in [0.4, 0.5) is 0 Å². The van der Waals surface area contributed by atoms with Crippen LogP contribution in [0.15, 0.2) is 47.4 Å². The Morgan fingerprint density at radius 3 is 2.62 bits per heavy atom. The van der Waals surface area contributed by atoms with Crippen LogP contribution in [0.3, 0.4) is 0 Å². The van der Waals surface area contributed by atoms with E-state index in [-0.39, 0.29) is 11.4 Å². The lowest BCUT2D eigenvalue weighted by atomic mass is 10.1. The predicted octanol–water partition coefficient (Wildman–Crippen LogP) is 1.99. The van der Waals surface area contributed by atoms with E-state index in [1.165, 1.54) is 6.07 Å². The molecule has 3 rings (SSSR count). The van der Waals surface area contributed by atoms with Crippen LogP contribution in [0.2, 0.25) is 0 Å². The number of rotatable bonds is 3. The lowest BCUT2D eigenvalue weighted by molar-refractivity contribution is -0.138. The quantitative estimate of drug-likeness (QED) is 0.935. The Labute approximate surface area is 126 Å². The van der Waals surface area contributed by atoms with Crippen molar-refractivity contribution < 1.29 is 18.3 Å². The van der Waals surface area contributed by atoms with Crippen molar-refractivity contribution in [2.75, 3.05) is 12.3 Å². The SMILES string of the molecule is O=C(O)[C@H]1SCCN1S(=O)(=O)c1ccc2ccccc2c1. The van der Waals surface area contributed by atoms with Crippen LogP contribution in [0.5, 0.6) is 0 Å². The van der Waals surface area contributed by atoms with E-state index in [0.717, 1.165) is 26.8 Å². The van der Waals surface area contributed by atoms with Crippen LogP contribution in [0, 0.1) is 0 Å². The third-order valence-corrected chi connectivity index (χ3v) is 6.57. The van der Waals surface area contributed by atoms with Gasteiger partial charge in [-0.1, -0.05) is 30.3 Å². The van der Waals surface area contributed by atoms with Crippen LogP contribution in [0.25, 0.3) is 10.8 Å². The molecule has 0 radical (unpaired) electrons. The van der Waals surface area contributed by atoms with Crippen molar-refractivity contribution in [3.63, 3.8) is 0 Å². The molecule has 1 aliphatic heterocycles. The molecule has 1 N–H and O–H groups in total. The van der Waals surface area contributed by atoms with Gasteiger partial charge in [-0.15, -0.1) is 11.8 Å². The number of thioether (sulfide) groups is 1. The Hall–Kier alpha value is -1.57. The maximum Gasteiger partial charge on any atom is 0.332 e. The summed E-state index contributed by atoms with van der Waals surface area (Å²) in [5.74, 6) is -0.633. The maximum absolute atomic E-state index is 12.6. The van der Waals surface area contributed by atoms with E-state index in [4.69, 9.17) is 5.11 Å². The van der Waals surface area contributed by atoms with Crippen molar-refractivity contribution in [3.05, 3.63) is 42.5 Å². The van der Waals surface area contributed by atoms with E-state index in [2.05, 4.69) is 0 Å². The zero-order valence-corrected chi connectivity index (χ0v) is 12.6. The predicted molar refractivity (Wildman–Crippen MR) is 81.7 cm³/mol. The van der Waals surface area contributed by atoms with Gasteiger partial charge in [0.15, 0.2) is 5.37 Å². The molecule has 110 valence electrons. The highest BCUT2D eigenvalue weighted by Crippen LogP contribution is 2.31. The average Bonchev–Trinajstić information content (AvgIpc) is 2.97. The second kappa shape index (κ2) is 5.32. The highest BCUT2D eigenvalue weighted by Gasteiger charge is 2.40. The number of carboxylic acid groups (broad SMARTS) is 1. The fourth-order valence-electron chi connectivity index (χ4n) is 2.36. The second-order valence-corrected chi connectivity index (χ2v) is 7.76. The van der Waals surface area contributed by atoms with E-state index < -0.39 is 21.4 Å². The van der Waals surface area contributed by atoms with E-state index in [9.17, 15) is 13.2 Å². The molecule has 2 aromatic rings. The first-order valence-electron chi connectivity index (χ1n) is 6.35. The molecule has 7 heteroatoms. The van der Waals surface area contributed by atoms with Crippen LogP contribution in [-0.4, -0.2) is 41.5 Å². The zero-order chi connectivity index (χ0) is 15.0. The molecule has 0 bridgehead atoms. The molecule has 1 aliphatic rings. The molecule has 0 amide bonds. The summed E-state index contributed by atoms with van der Waals surface area (Å²) in [6.07, 6.45) is 0. The first kappa shape index (κ1) is 14.4. The van der Waals surface area contributed by atoms with E-state index in [0.29, 0.717) is 5.75 Å². The fraction of sp³-hybridized carbons (Fsp3) is 0.214. The van der Waals surface area contributed by atoms with Gasteiger partial charge < -0.3 is 5.11 Å². The third-order valence-electron chi connectivity index (χ3n) is 3.39. The fourth-order valence-corrected chi connectivity index (χ4v) is 5.40. The summed E-state index contributed by atoms with van der Waals surface area (Å²) in [4.78, 5) is 11.3. The topological polar surface area (TPSA) is 74.7 Å². The Balaban J connectivity index is 2.05. The number of fused-ring (bicyclic) bond motifs is 1. The van der Waals surface area contributed by atoms with Gasteiger partial charge in [-0.3, -0.25) is 0 Å². The van der Waals surface area contributed by atoms with Crippen LogP contribution >= 0.6 is 11.8 Å². The van der Waals surface area contributed by atoms with Gasteiger partial charge in [0.25, 0.3) is 0 Å². The number of sulfonamides is 1. The molecule has 2 aromatic carbocycles.